The minimum absolute atomic E-state index is 0.00970. The second-order valence-corrected chi connectivity index (χ2v) is 4.68. The fourth-order valence-corrected chi connectivity index (χ4v) is 1.35. The van der Waals surface area contributed by atoms with Gasteiger partial charge in [0.05, 0.1) is 0 Å². The Morgan fingerprint density at radius 1 is 1.25 bits per heavy atom. The van der Waals surface area contributed by atoms with Crippen LogP contribution >= 0.6 is 0 Å². The molecule has 1 atom stereocenters. The highest BCUT2D eigenvalue weighted by Crippen LogP contribution is 2.14. The van der Waals surface area contributed by atoms with E-state index in [0.29, 0.717) is 24.4 Å². The van der Waals surface area contributed by atoms with Gasteiger partial charge in [-0.05, 0) is 19.8 Å². The van der Waals surface area contributed by atoms with Crippen molar-refractivity contribution in [3.63, 3.8) is 0 Å². The Balaban J connectivity index is 2.31. The van der Waals surface area contributed by atoms with Gasteiger partial charge in [0.1, 0.15) is 18.8 Å². The molecule has 1 N–H and O–H groups in total. The van der Waals surface area contributed by atoms with E-state index >= 15 is 0 Å². The van der Waals surface area contributed by atoms with E-state index in [1.807, 2.05) is 13.8 Å². The molecule has 0 spiro atoms. The molecule has 0 radical (unpaired) electrons. The average Bonchev–Trinajstić information content (AvgIpc) is 2.92. The minimum atomic E-state index is 0.00970. The topological polar surface area (TPSA) is 90.6 Å². The molecular weight excluding hydrogens is 258 g/mol. The van der Waals surface area contributed by atoms with Crippen LogP contribution in [0.5, 0.6) is 6.01 Å². The van der Waals surface area contributed by atoms with Crippen LogP contribution in [0.4, 0.5) is 5.95 Å². The molecule has 1 unspecified atom stereocenters. The van der Waals surface area contributed by atoms with E-state index < -0.39 is 0 Å². The quantitative estimate of drug-likeness (QED) is 0.851. The van der Waals surface area contributed by atoms with Crippen LogP contribution in [-0.4, -0.2) is 42.4 Å². The first-order valence-corrected chi connectivity index (χ1v) is 6.61. The van der Waals surface area contributed by atoms with Crippen LogP contribution in [0.25, 0.3) is 5.95 Å². The van der Waals surface area contributed by atoms with E-state index in [1.54, 1.807) is 0 Å². The Morgan fingerprint density at radius 2 is 2.05 bits per heavy atom. The van der Waals surface area contributed by atoms with Gasteiger partial charge in [-0.25, -0.2) is 4.98 Å². The van der Waals surface area contributed by atoms with Crippen molar-refractivity contribution in [3.8, 4) is 12.0 Å². The molecule has 2 rings (SSSR count). The second kappa shape index (κ2) is 6.27. The smallest absolute Gasteiger partial charge is 0.323 e. The Hall–Kier alpha value is -2.25. The van der Waals surface area contributed by atoms with E-state index in [-0.39, 0.29) is 12.1 Å². The van der Waals surface area contributed by atoms with Crippen molar-refractivity contribution in [2.45, 2.75) is 33.8 Å². The fraction of sp³-hybridized carbons (Fsp3) is 0.583. The Labute approximate surface area is 117 Å². The Bertz CT molecular complexity index is 541. The van der Waals surface area contributed by atoms with Crippen LogP contribution in [0.3, 0.4) is 0 Å². The van der Waals surface area contributed by atoms with Crippen molar-refractivity contribution in [3.05, 3.63) is 12.7 Å². The standard InChI is InChI=1S/C12H19N7O/c1-5-14-10-16-11(19-7-13-6-15-19)18-12(17-10)20-9(4)8(2)3/h6-9H,5H2,1-4H3,(H,14,16,17,18). The van der Waals surface area contributed by atoms with Gasteiger partial charge in [0.2, 0.25) is 5.95 Å². The van der Waals surface area contributed by atoms with E-state index in [2.05, 4.69) is 44.2 Å². The molecule has 0 aliphatic heterocycles. The normalized spacial score (nSPS) is 12.4. The third-order valence-electron chi connectivity index (χ3n) is 2.79. The molecular formula is C12H19N7O. The summed E-state index contributed by atoms with van der Waals surface area (Å²) in [4.78, 5) is 16.6. The molecule has 2 aromatic heterocycles. The van der Waals surface area contributed by atoms with Gasteiger partial charge in [0, 0.05) is 6.54 Å². The lowest BCUT2D eigenvalue weighted by molar-refractivity contribution is 0.155. The van der Waals surface area contributed by atoms with Gasteiger partial charge < -0.3 is 10.1 Å². The summed E-state index contributed by atoms with van der Waals surface area (Å²) in [6.45, 7) is 8.82. The number of ether oxygens (including phenoxy) is 1. The van der Waals surface area contributed by atoms with Crippen molar-refractivity contribution in [1.82, 2.24) is 29.7 Å². The number of nitrogens with one attached hydrogen (secondary N) is 1. The van der Waals surface area contributed by atoms with Crippen molar-refractivity contribution in [1.29, 1.82) is 0 Å². The van der Waals surface area contributed by atoms with E-state index in [9.17, 15) is 0 Å². The lowest BCUT2D eigenvalue weighted by atomic mass is 10.1. The summed E-state index contributed by atoms with van der Waals surface area (Å²) in [6.07, 6.45) is 2.96. The number of rotatable bonds is 6. The zero-order valence-corrected chi connectivity index (χ0v) is 12.1. The van der Waals surface area contributed by atoms with Gasteiger partial charge in [-0.15, -0.1) is 0 Å². The van der Waals surface area contributed by atoms with E-state index in [1.165, 1.54) is 17.3 Å². The molecule has 108 valence electrons. The Kier molecular flexibility index (Phi) is 4.44. The van der Waals surface area contributed by atoms with Crippen molar-refractivity contribution < 1.29 is 4.74 Å². The molecule has 2 heterocycles. The number of hydrogen-bond acceptors (Lipinski definition) is 7. The number of hydrogen-bond donors (Lipinski definition) is 1. The molecule has 0 aromatic carbocycles. The molecule has 0 bridgehead atoms. The van der Waals surface area contributed by atoms with Crippen molar-refractivity contribution in [2.75, 3.05) is 11.9 Å². The first-order valence-electron chi connectivity index (χ1n) is 6.61. The molecule has 0 fully saturated rings. The fourth-order valence-electron chi connectivity index (χ4n) is 1.35. The minimum Gasteiger partial charge on any atom is -0.460 e. The summed E-state index contributed by atoms with van der Waals surface area (Å²) < 4.78 is 7.21. The lowest BCUT2D eigenvalue weighted by Crippen LogP contribution is -2.21. The molecule has 0 amide bonds. The molecule has 0 saturated carbocycles. The summed E-state index contributed by atoms with van der Waals surface area (Å²) in [7, 11) is 0. The third kappa shape index (κ3) is 3.40. The molecule has 8 heteroatoms. The van der Waals surface area contributed by atoms with Crippen molar-refractivity contribution >= 4 is 5.95 Å². The highest BCUT2D eigenvalue weighted by Gasteiger charge is 2.14. The van der Waals surface area contributed by atoms with Gasteiger partial charge in [0.15, 0.2) is 0 Å². The van der Waals surface area contributed by atoms with Crippen molar-refractivity contribution in [2.24, 2.45) is 5.92 Å². The predicted molar refractivity (Wildman–Crippen MR) is 73.8 cm³/mol. The summed E-state index contributed by atoms with van der Waals surface area (Å²) in [6, 6.07) is 0.280. The first kappa shape index (κ1) is 14.2. The summed E-state index contributed by atoms with van der Waals surface area (Å²) in [5, 5.41) is 7.06. The first-order chi connectivity index (χ1) is 9.60. The summed E-state index contributed by atoms with van der Waals surface area (Å²) in [5.74, 6) is 1.20. The maximum absolute atomic E-state index is 5.74. The van der Waals surface area contributed by atoms with Crippen LogP contribution in [-0.2, 0) is 0 Å². The van der Waals surface area contributed by atoms with Crippen LogP contribution in [0.15, 0.2) is 12.7 Å². The zero-order chi connectivity index (χ0) is 14.5. The molecule has 2 aromatic rings. The summed E-state index contributed by atoms with van der Waals surface area (Å²) >= 11 is 0. The number of aromatic nitrogens is 6. The van der Waals surface area contributed by atoms with Gasteiger partial charge >= 0.3 is 6.01 Å². The van der Waals surface area contributed by atoms with Crippen LogP contribution in [0.1, 0.15) is 27.7 Å². The van der Waals surface area contributed by atoms with E-state index in [4.69, 9.17) is 4.74 Å². The van der Waals surface area contributed by atoms with Gasteiger partial charge in [-0.3, -0.25) is 0 Å². The predicted octanol–water partition coefficient (Wildman–Crippen LogP) is 1.31. The zero-order valence-electron chi connectivity index (χ0n) is 12.1. The van der Waals surface area contributed by atoms with Gasteiger partial charge in [-0.1, -0.05) is 13.8 Å². The largest absolute Gasteiger partial charge is 0.460 e. The second-order valence-electron chi connectivity index (χ2n) is 4.68. The molecule has 20 heavy (non-hydrogen) atoms. The van der Waals surface area contributed by atoms with E-state index in [0.717, 1.165) is 0 Å². The molecule has 0 saturated heterocycles. The van der Waals surface area contributed by atoms with Crippen LogP contribution < -0.4 is 10.1 Å². The number of nitrogens with zero attached hydrogens (tertiary/aromatic N) is 6. The van der Waals surface area contributed by atoms with Gasteiger partial charge in [-0.2, -0.15) is 24.7 Å². The number of anilines is 1. The SMILES string of the molecule is CCNc1nc(OC(C)C(C)C)nc(-n2cncn2)n1. The van der Waals surface area contributed by atoms with Crippen LogP contribution in [0.2, 0.25) is 0 Å². The molecule has 0 aliphatic carbocycles. The maximum Gasteiger partial charge on any atom is 0.323 e. The summed E-state index contributed by atoms with van der Waals surface area (Å²) in [5.41, 5.74) is 0. The van der Waals surface area contributed by atoms with Crippen LogP contribution in [0, 0.1) is 5.92 Å². The molecule has 8 nitrogen and oxygen atoms in total. The lowest BCUT2D eigenvalue weighted by Gasteiger charge is -2.17. The Morgan fingerprint density at radius 3 is 2.65 bits per heavy atom. The average molecular weight is 277 g/mol. The maximum atomic E-state index is 5.74. The molecule has 0 aliphatic rings. The highest BCUT2D eigenvalue weighted by atomic mass is 16.5. The van der Waals surface area contributed by atoms with Gasteiger partial charge in [0.25, 0.3) is 5.95 Å². The highest BCUT2D eigenvalue weighted by molar-refractivity contribution is 5.29. The third-order valence-corrected chi connectivity index (χ3v) is 2.79. The monoisotopic (exact) mass is 277 g/mol.